The highest BCUT2D eigenvalue weighted by molar-refractivity contribution is 6.67. The van der Waals surface area contributed by atoms with E-state index in [-0.39, 0.29) is 0 Å². The number of carbonyl (C=O) groups excluding carboxylic acids is 1. The van der Waals surface area contributed by atoms with Gasteiger partial charge in [0.1, 0.15) is 19.2 Å². The molecule has 0 fully saturated rings. The van der Waals surface area contributed by atoms with Crippen LogP contribution in [0.5, 0.6) is 0 Å². The van der Waals surface area contributed by atoms with E-state index in [9.17, 15) is 4.79 Å². The molecule has 2 heterocycles. The molecule has 0 aliphatic heterocycles. The van der Waals surface area contributed by atoms with Crippen molar-refractivity contribution in [2.75, 3.05) is 0 Å². The van der Waals surface area contributed by atoms with E-state index < -0.39 is 5.24 Å². The van der Waals surface area contributed by atoms with E-state index in [0.29, 0.717) is 5.69 Å². The predicted molar refractivity (Wildman–Crippen MR) is 53.6 cm³/mol. The van der Waals surface area contributed by atoms with Crippen molar-refractivity contribution in [3.63, 3.8) is 0 Å². The lowest BCUT2D eigenvalue weighted by Gasteiger charge is -1.97. The van der Waals surface area contributed by atoms with E-state index >= 15 is 0 Å². The molecule has 0 unspecified atom stereocenters. The quantitative estimate of drug-likeness (QED) is 0.470. The third-order valence-electron chi connectivity index (χ3n) is 1.85. The molecule has 0 bridgehead atoms. The monoisotopic (exact) mass is 192 g/mol. The van der Waals surface area contributed by atoms with Gasteiger partial charge in [0.2, 0.25) is 0 Å². The lowest BCUT2D eigenvalue weighted by atomic mass is 9.99. The van der Waals surface area contributed by atoms with Gasteiger partial charge in [0.15, 0.2) is 0 Å². The average Bonchev–Trinajstić information content (AvgIpc) is 2.46. The summed E-state index contributed by atoms with van der Waals surface area (Å²) in [6, 6.07) is 3.78. The van der Waals surface area contributed by atoms with Crippen molar-refractivity contribution in [3.05, 3.63) is 30.2 Å². The van der Waals surface area contributed by atoms with Crippen molar-refractivity contribution in [1.29, 1.82) is 0 Å². The van der Waals surface area contributed by atoms with Gasteiger partial charge in [0, 0.05) is 6.20 Å². The van der Waals surface area contributed by atoms with Gasteiger partial charge < -0.3 is 0 Å². The van der Waals surface area contributed by atoms with E-state index in [2.05, 4.69) is 4.98 Å². The fourth-order valence-corrected chi connectivity index (χ4v) is 1.37. The lowest BCUT2D eigenvalue weighted by molar-refractivity contribution is 0.107. The number of nitrogens with zero attached hydrogens (tertiary/aromatic N) is 2. The predicted octanol–water partition coefficient (Wildman–Crippen LogP) is -0.0283. The average molecular weight is 192 g/mol. The SMILES string of the molecule is Bc1ccc2ncc(C(=O)Cl)n2c1. The molecule has 0 aromatic carbocycles. The Bertz CT molecular complexity index is 480. The summed E-state index contributed by atoms with van der Waals surface area (Å²) in [5.41, 5.74) is 2.19. The van der Waals surface area contributed by atoms with E-state index in [1.807, 2.05) is 26.2 Å². The van der Waals surface area contributed by atoms with Crippen LogP contribution in [0.4, 0.5) is 0 Å². The van der Waals surface area contributed by atoms with Crippen molar-refractivity contribution in [2.24, 2.45) is 0 Å². The fourth-order valence-electron chi connectivity index (χ4n) is 1.23. The van der Waals surface area contributed by atoms with E-state index in [0.717, 1.165) is 11.1 Å². The van der Waals surface area contributed by atoms with Gasteiger partial charge in [0.05, 0.1) is 6.20 Å². The Hall–Kier alpha value is -1.29. The maximum absolute atomic E-state index is 10.9. The second-order valence-corrected chi connectivity index (χ2v) is 3.20. The van der Waals surface area contributed by atoms with Crippen molar-refractivity contribution in [2.45, 2.75) is 0 Å². The van der Waals surface area contributed by atoms with Crippen LogP contribution in [-0.4, -0.2) is 22.5 Å². The summed E-state index contributed by atoms with van der Waals surface area (Å²) in [6.07, 6.45) is 3.31. The first-order valence-electron chi connectivity index (χ1n) is 3.82. The fraction of sp³-hybridized carbons (Fsp3) is 0. The number of fused-ring (bicyclic) bond motifs is 1. The van der Waals surface area contributed by atoms with Gasteiger partial charge >= 0.3 is 0 Å². The Balaban J connectivity index is 2.79. The number of rotatable bonds is 1. The van der Waals surface area contributed by atoms with Gasteiger partial charge in [-0.05, 0) is 17.7 Å². The van der Waals surface area contributed by atoms with E-state index in [1.54, 1.807) is 4.40 Å². The van der Waals surface area contributed by atoms with E-state index in [4.69, 9.17) is 11.6 Å². The number of carbonyl (C=O) groups is 1. The molecule has 0 saturated carbocycles. The van der Waals surface area contributed by atoms with Crippen LogP contribution in [0.1, 0.15) is 10.5 Å². The molecule has 0 amide bonds. The molecule has 0 radical (unpaired) electrons. The molecule has 0 N–H and O–H groups in total. The minimum atomic E-state index is -0.488. The van der Waals surface area contributed by atoms with Gasteiger partial charge in [-0.25, -0.2) is 4.98 Å². The molecule has 64 valence electrons. The largest absolute Gasteiger partial charge is 0.297 e. The highest BCUT2D eigenvalue weighted by Gasteiger charge is 2.08. The minimum absolute atomic E-state index is 0.403. The van der Waals surface area contributed by atoms with Crippen molar-refractivity contribution < 1.29 is 4.79 Å². The van der Waals surface area contributed by atoms with Crippen LogP contribution in [0.25, 0.3) is 5.65 Å². The molecular formula is C8H6BClN2O. The smallest absolute Gasteiger partial charge is 0.270 e. The zero-order valence-corrected chi connectivity index (χ0v) is 7.75. The standard InChI is InChI=1S/C8H6BClN2O/c9-5-1-2-7-11-3-6(8(10)13)12(7)4-5/h1-4H,9H2. The van der Waals surface area contributed by atoms with Crippen LogP contribution in [-0.2, 0) is 0 Å². The van der Waals surface area contributed by atoms with Gasteiger partial charge in [-0.3, -0.25) is 9.20 Å². The van der Waals surface area contributed by atoms with E-state index in [1.165, 1.54) is 6.20 Å². The van der Waals surface area contributed by atoms with Crippen molar-refractivity contribution >= 4 is 35.8 Å². The number of imidazole rings is 1. The van der Waals surface area contributed by atoms with Crippen LogP contribution >= 0.6 is 11.6 Å². The topological polar surface area (TPSA) is 34.4 Å². The minimum Gasteiger partial charge on any atom is -0.297 e. The first kappa shape index (κ1) is 8.32. The molecule has 0 atom stereocenters. The van der Waals surface area contributed by atoms with Crippen molar-refractivity contribution in [3.8, 4) is 0 Å². The van der Waals surface area contributed by atoms with Crippen LogP contribution in [0, 0.1) is 0 Å². The number of hydrogen-bond donors (Lipinski definition) is 0. The van der Waals surface area contributed by atoms with Crippen LogP contribution in [0.2, 0.25) is 0 Å². The zero-order valence-electron chi connectivity index (χ0n) is 6.99. The highest BCUT2D eigenvalue weighted by atomic mass is 35.5. The Morgan fingerprint density at radius 1 is 1.54 bits per heavy atom. The normalized spacial score (nSPS) is 10.5. The number of pyridine rings is 1. The zero-order chi connectivity index (χ0) is 9.42. The summed E-state index contributed by atoms with van der Waals surface area (Å²) in [5, 5.41) is -0.488. The summed E-state index contributed by atoms with van der Waals surface area (Å²) >= 11 is 5.38. The first-order valence-corrected chi connectivity index (χ1v) is 4.20. The maximum Gasteiger partial charge on any atom is 0.270 e. The first-order chi connectivity index (χ1) is 6.18. The molecule has 0 spiro atoms. The van der Waals surface area contributed by atoms with Gasteiger partial charge in [-0.15, -0.1) is 0 Å². The number of halogens is 1. The second kappa shape index (κ2) is 2.89. The second-order valence-electron chi connectivity index (χ2n) is 2.85. The number of hydrogen-bond acceptors (Lipinski definition) is 2. The van der Waals surface area contributed by atoms with Crippen molar-refractivity contribution in [1.82, 2.24) is 9.38 Å². The molecular weight excluding hydrogens is 186 g/mol. The molecule has 3 nitrogen and oxygen atoms in total. The summed E-state index contributed by atoms with van der Waals surface area (Å²) in [4.78, 5) is 15.0. The molecule has 0 saturated heterocycles. The molecule has 5 heteroatoms. The Labute approximate surface area is 80.8 Å². The Morgan fingerprint density at radius 2 is 2.31 bits per heavy atom. The van der Waals surface area contributed by atoms with Crippen LogP contribution in [0.3, 0.4) is 0 Å². The molecule has 2 rings (SSSR count). The molecule has 0 aliphatic carbocycles. The van der Waals surface area contributed by atoms with Crippen LogP contribution < -0.4 is 5.46 Å². The Kier molecular flexibility index (Phi) is 1.85. The third kappa shape index (κ3) is 1.33. The lowest BCUT2D eigenvalue weighted by Crippen LogP contribution is -2.06. The molecule has 13 heavy (non-hydrogen) atoms. The maximum atomic E-state index is 10.9. The summed E-state index contributed by atoms with van der Waals surface area (Å²) < 4.78 is 1.69. The van der Waals surface area contributed by atoms with Gasteiger partial charge in [0.25, 0.3) is 5.24 Å². The molecule has 2 aromatic rings. The summed E-state index contributed by atoms with van der Waals surface area (Å²) in [6.45, 7) is 0. The summed E-state index contributed by atoms with van der Waals surface area (Å²) in [5.74, 6) is 0. The molecule has 0 aliphatic rings. The van der Waals surface area contributed by atoms with Gasteiger partial charge in [-0.1, -0.05) is 11.5 Å². The molecule has 2 aromatic heterocycles. The summed E-state index contributed by atoms with van der Waals surface area (Å²) in [7, 11) is 1.95. The third-order valence-corrected chi connectivity index (χ3v) is 2.05. The Morgan fingerprint density at radius 3 is 3.00 bits per heavy atom. The number of aromatic nitrogens is 2. The van der Waals surface area contributed by atoms with Gasteiger partial charge in [-0.2, -0.15) is 0 Å². The highest BCUT2D eigenvalue weighted by Crippen LogP contribution is 2.07. The van der Waals surface area contributed by atoms with Crippen LogP contribution in [0.15, 0.2) is 24.5 Å².